The predicted molar refractivity (Wildman–Crippen MR) is 107 cm³/mol. The van der Waals surface area contributed by atoms with Crippen LogP contribution in [0.1, 0.15) is 33.2 Å². The van der Waals surface area contributed by atoms with Crippen molar-refractivity contribution in [2.75, 3.05) is 19.9 Å². The molecule has 2 aromatic carbocycles. The highest BCUT2D eigenvalue weighted by Gasteiger charge is 2.48. The second-order valence-corrected chi connectivity index (χ2v) is 7.89. The Labute approximate surface area is 177 Å². The first-order valence-corrected chi connectivity index (χ1v) is 9.85. The molecule has 0 radical (unpaired) electrons. The fourth-order valence-electron chi connectivity index (χ4n) is 4.17. The van der Waals surface area contributed by atoms with Crippen LogP contribution in [0.3, 0.4) is 0 Å². The molecule has 0 bridgehead atoms. The minimum atomic E-state index is -1.15. The largest absolute Gasteiger partial charge is 0.454 e. The average molecular weight is 421 g/mol. The van der Waals surface area contributed by atoms with Gasteiger partial charge in [0.05, 0.1) is 11.1 Å². The van der Waals surface area contributed by atoms with Gasteiger partial charge in [0.1, 0.15) is 5.54 Å². The van der Waals surface area contributed by atoms with Crippen molar-refractivity contribution < 1.29 is 28.7 Å². The molecule has 0 unspecified atom stereocenters. The molecule has 0 aliphatic carbocycles. The number of benzene rings is 2. The Morgan fingerprint density at radius 1 is 0.903 bits per heavy atom. The fraction of sp³-hybridized carbons (Fsp3) is 0.273. The molecule has 158 valence electrons. The van der Waals surface area contributed by atoms with Crippen LogP contribution in [-0.4, -0.2) is 59.0 Å². The van der Waals surface area contributed by atoms with E-state index in [2.05, 4.69) is 5.32 Å². The third-order valence-corrected chi connectivity index (χ3v) is 5.77. The van der Waals surface area contributed by atoms with E-state index in [4.69, 9.17) is 9.47 Å². The molecular formula is C22H19N3O6. The lowest BCUT2D eigenvalue weighted by Crippen LogP contribution is -2.46. The molecule has 2 aromatic rings. The van der Waals surface area contributed by atoms with Crippen molar-refractivity contribution in [3.05, 3.63) is 59.2 Å². The zero-order valence-electron chi connectivity index (χ0n) is 16.7. The van der Waals surface area contributed by atoms with Crippen LogP contribution >= 0.6 is 0 Å². The number of urea groups is 1. The SMILES string of the molecule is C[C@@]1(Cc2ccc3c(c2)OCO3)NC(=O)N(CCN2C(=O)c3ccccc3C2=O)C1=O. The van der Waals surface area contributed by atoms with E-state index in [0.717, 1.165) is 15.4 Å². The highest BCUT2D eigenvalue weighted by Crippen LogP contribution is 2.34. The van der Waals surface area contributed by atoms with Gasteiger partial charge in [0.25, 0.3) is 17.7 Å². The lowest BCUT2D eigenvalue weighted by Gasteiger charge is -2.22. The van der Waals surface area contributed by atoms with Crippen LogP contribution in [0.5, 0.6) is 11.5 Å². The van der Waals surface area contributed by atoms with Gasteiger partial charge in [0.2, 0.25) is 6.79 Å². The number of nitrogens with zero attached hydrogens (tertiary/aromatic N) is 2. The maximum absolute atomic E-state index is 13.1. The quantitative estimate of drug-likeness (QED) is 0.580. The third kappa shape index (κ3) is 3.00. The van der Waals surface area contributed by atoms with Crippen LogP contribution < -0.4 is 14.8 Å². The second-order valence-electron chi connectivity index (χ2n) is 7.89. The maximum atomic E-state index is 13.1. The van der Waals surface area contributed by atoms with Gasteiger partial charge in [-0.2, -0.15) is 0 Å². The Morgan fingerprint density at radius 2 is 1.55 bits per heavy atom. The molecule has 9 nitrogen and oxygen atoms in total. The molecule has 0 saturated carbocycles. The van der Waals surface area contributed by atoms with Gasteiger partial charge >= 0.3 is 6.03 Å². The van der Waals surface area contributed by atoms with Gasteiger partial charge in [0, 0.05) is 19.5 Å². The van der Waals surface area contributed by atoms with Gasteiger partial charge in [-0.05, 0) is 36.8 Å². The maximum Gasteiger partial charge on any atom is 0.325 e. The first-order chi connectivity index (χ1) is 14.9. The number of carbonyl (C=O) groups excluding carboxylic acids is 4. The number of nitrogens with one attached hydrogen (secondary N) is 1. The van der Waals surface area contributed by atoms with E-state index >= 15 is 0 Å². The number of hydrogen-bond acceptors (Lipinski definition) is 6. The summed E-state index contributed by atoms with van der Waals surface area (Å²) in [6.45, 7) is 1.66. The minimum Gasteiger partial charge on any atom is -0.454 e. The number of fused-ring (bicyclic) bond motifs is 2. The van der Waals surface area contributed by atoms with Crippen molar-refractivity contribution in [3.63, 3.8) is 0 Å². The molecule has 9 heteroatoms. The number of hydrogen-bond donors (Lipinski definition) is 1. The number of imide groups is 2. The van der Waals surface area contributed by atoms with E-state index in [9.17, 15) is 19.2 Å². The molecule has 3 aliphatic rings. The van der Waals surface area contributed by atoms with E-state index < -0.39 is 29.3 Å². The summed E-state index contributed by atoms with van der Waals surface area (Å²) in [5.74, 6) is -0.0167. The first kappa shape index (κ1) is 19.1. The lowest BCUT2D eigenvalue weighted by atomic mass is 9.92. The number of amides is 5. The van der Waals surface area contributed by atoms with E-state index in [1.165, 1.54) is 0 Å². The van der Waals surface area contributed by atoms with Crippen molar-refractivity contribution in [2.45, 2.75) is 18.9 Å². The van der Waals surface area contributed by atoms with Crippen molar-refractivity contribution in [1.29, 1.82) is 0 Å². The fourth-order valence-corrected chi connectivity index (χ4v) is 4.17. The topological polar surface area (TPSA) is 105 Å². The minimum absolute atomic E-state index is 0.0639. The molecule has 31 heavy (non-hydrogen) atoms. The Hall–Kier alpha value is -3.88. The molecule has 3 aliphatic heterocycles. The van der Waals surface area contributed by atoms with E-state index in [0.29, 0.717) is 22.6 Å². The highest BCUT2D eigenvalue weighted by atomic mass is 16.7. The lowest BCUT2D eigenvalue weighted by molar-refractivity contribution is -0.130. The van der Waals surface area contributed by atoms with Crippen molar-refractivity contribution in [3.8, 4) is 11.5 Å². The van der Waals surface area contributed by atoms with Gasteiger partial charge in [0.15, 0.2) is 11.5 Å². The smallest absolute Gasteiger partial charge is 0.325 e. The average Bonchev–Trinajstić information content (AvgIpc) is 3.37. The normalized spacial score (nSPS) is 21.7. The number of ether oxygens (including phenoxy) is 2. The van der Waals surface area contributed by atoms with Crippen molar-refractivity contribution in [2.24, 2.45) is 0 Å². The summed E-state index contributed by atoms with van der Waals surface area (Å²) in [5.41, 5.74) is 0.324. The Bertz CT molecular complexity index is 1110. The van der Waals surface area contributed by atoms with Gasteiger partial charge in [-0.25, -0.2) is 4.79 Å². The van der Waals surface area contributed by atoms with Gasteiger partial charge < -0.3 is 14.8 Å². The highest BCUT2D eigenvalue weighted by molar-refractivity contribution is 6.21. The van der Waals surface area contributed by atoms with Gasteiger partial charge in [-0.1, -0.05) is 18.2 Å². The summed E-state index contributed by atoms with van der Waals surface area (Å²) in [6, 6.07) is 11.4. The van der Waals surface area contributed by atoms with E-state index in [1.807, 2.05) is 6.07 Å². The van der Waals surface area contributed by atoms with Crippen molar-refractivity contribution >= 4 is 23.8 Å². The standard InChI is InChI=1S/C22H19N3O6/c1-22(11-13-6-7-16-17(10-13)31-12-30-16)20(28)25(21(29)23-22)9-8-24-18(26)14-4-2-3-5-15(14)19(24)27/h2-7,10H,8-9,11-12H2,1H3,(H,23,29)/t22-/m0/s1. The molecule has 3 heterocycles. The predicted octanol–water partition coefficient (Wildman–Crippen LogP) is 1.56. The zero-order valence-corrected chi connectivity index (χ0v) is 16.7. The summed E-state index contributed by atoms with van der Waals surface area (Å²) in [4.78, 5) is 52.7. The Morgan fingerprint density at radius 3 is 2.26 bits per heavy atom. The molecule has 5 rings (SSSR count). The summed E-state index contributed by atoms with van der Waals surface area (Å²) < 4.78 is 10.7. The molecule has 1 atom stereocenters. The van der Waals surface area contributed by atoms with E-state index in [-0.39, 0.29) is 26.3 Å². The number of rotatable bonds is 5. The van der Waals surface area contributed by atoms with Gasteiger partial charge in [-0.3, -0.25) is 24.2 Å². The van der Waals surface area contributed by atoms with Crippen LogP contribution in [0.2, 0.25) is 0 Å². The van der Waals surface area contributed by atoms with Crippen LogP contribution in [0, 0.1) is 0 Å². The summed E-state index contributed by atoms with van der Waals surface area (Å²) >= 11 is 0. The van der Waals surface area contributed by atoms with E-state index in [1.54, 1.807) is 43.3 Å². The van der Waals surface area contributed by atoms with Gasteiger partial charge in [-0.15, -0.1) is 0 Å². The first-order valence-electron chi connectivity index (χ1n) is 9.85. The van der Waals surface area contributed by atoms with Crippen LogP contribution in [0.4, 0.5) is 4.79 Å². The summed E-state index contributed by atoms with van der Waals surface area (Å²) in [7, 11) is 0. The Balaban J connectivity index is 1.28. The van der Waals surface area contributed by atoms with Crippen molar-refractivity contribution in [1.82, 2.24) is 15.1 Å². The summed E-state index contributed by atoms with van der Waals surface area (Å²) in [6.07, 6.45) is 0.262. The molecule has 5 amide bonds. The molecular weight excluding hydrogens is 402 g/mol. The second kappa shape index (κ2) is 6.83. The molecule has 1 saturated heterocycles. The molecule has 0 spiro atoms. The third-order valence-electron chi connectivity index (χ3n) is 5.77. The van der Waals surface area contributed by atoms with Crippen LogP contribution in [0.25, 0.3) is 0 Å². The molecule has 1 N–H and O–H groups in total. The molecule has 0 aromatic heterocycles. The van der Waals surface area contributed by atoms with Crippen LogP contribution in [0.15, 0.2) is 42.5 Å². The van der Waals surface area contributed by atoms with Crippen LogP contribution in [-0.2, 0) is 11.2 Å². The monoisotopic (exact) mass is 421 g/mol. The summed E-state index contributed by atoms with van der Waals surface area (Å²) in [5, 5.41) is 2.74. The number of carbonyl (C=O) groups is 4. The zero-order chi connectivity index (χ0) is 21.8. The molecule has 1 fully saturated rings. The Kier molecular flexibility index (Phi) is 4.21.